The molecule has 4 amide bonds. The zero-order valence-corrected chi connectivity index (χ0v) is 17.6. The minimum Gasteiger partial charge on any atom is -0.317 e. The van der Waals surface area contributed by atoms with E-state index in [0.29, 0.717) is 23.1 Å². The van der Waals surface area contributed by atoms with Crippen molar-refractivity contribution in [1.29, 1.82) is 0 Å². The zero-order valence-electron chi connectivity index (χ0n) is 17.6. The van der Waals surface area contributed by atoms with Gasteiger partial charge in [-0.1, -0.05) is 6.07 Å². The van der Waals surface area contributed by atoms with E-state index in [0.717, 1.165) is 36.6 Å². The molecule has 8 nitrogen and oxygen atoms in total. The molecule has 2 atom stereocenters. The molecule has 3 fully saturated rings. The summed E-state index contributed by atoms with van der Waals surface area (Å²) in [7, 11) is 0. The van der Waals surface area contributed by atoms with E-state index >= 15 is 0 Å². The third-order valence-corrected chi connectivity index (χ3v) is 7.23. The van der Waals surface area contributed by atoms with Gasteiger partial charge in [-0.2, -0.15) is 0 Å². The minimum absolute atomic E-state index is 0.127. The fourth-order valence-corrected chi connectivity index (χ4v) is 5.66. The van der Waals surface area contributed by atoms with E-state index < -0.39 is 23.8 Å². The number of nitrogens with zero attached hydrogens (tertiary/aromatic N) is 2. The first-order valence-electron chi connectivity index (χ1n) is 11.3. The van der Waals surface area contributed by atoms with Crippen molar-refractivity contribution in [2.24, 2.45) is 5.92 Å². The Bertz CT molecular complexity index is 940. The maximum atomic E-state index is 13.1. The van der Waals surface area contributed by atoms with Crippen molar-refractivity contribution < 1.29 is 19.2 Å². The third-order valence-electron chi connectivity index (χ3n) is 7.23. The van der Waals surface area contributed by atoms with Crippen LogP contribution < -0.4 is 10.6 Å². The van der Waals surface area contributed by atoms with Crippen molar-refractivity contribution in [3.8, 4) is 0 Å². The molecule has 31 heavy (non-hydrogen) atoms. The highest BCUT2D eigenvalue weighted by Crippen LogP contribution is 2.32. The Hall–Kier alpha value is -2.58. The molecule has 4 heterocycles. The van der Waals surface area contributed by atoms with E-state index in [1.165, 1.54) is 25.7 Å². The van der Waals surface area contributed by atoms with Crippen LogP contribution in [0.25, 0.3) is 0 Å². The van der Waals surface area contributed by atoms with Crippen molar-refractivity contribution in [2.45, 2.75) is 57.2 Å². The standard InChI is InChI=1S/C23H28N4O4/c28-20-6-5-19(21(29)25-20)27-22(30)16-4-3-14(12-17(16)23(27)31)13-26-11-1-2-18(26)15-7-9-24-10-8-15/h3-4,12,15,18-19,24H,1-2,5-11,13H2,(H,25,28,29). The molecule has 8 heteroatoms. The van der Waals surface area contributed by atoms with Gasteiger partial charge in [-0.15, -0.1) is 0 Å². The first-order chi connectivity index (χ1) is 15.0. The Morgan fingerprint density at radius 2 is 1.71 bits per heavy atom. The average molecular weight is 425 g/mol. The van der Waals surface area contributed by atoms with Crippen molar-refractivity contribution >= 4 is 23.6 Å². The smallest absolute Gasteiger partial charge is 0.262 e. The number of hydrogen-bond acceptors (Lipinski definition) is 6. The highest BCUT2D eigenvalue weighted by molar-refractivity contribution is 6.23. The molecule has 0 bridgehead atoms. The Balaban J connectivity index is 1.33. The molecule has 0 saturated carbocycles. The lowest BCUT2D eigenvalue weighted by Crippen LogP contribution is -2.54. The second-order valence-corrected chi connectivity index (χ2v) is 9.09. The van der Waals surface area contributed by atoms with Crippen LogP contribution in [0.2, 0.25) is 0 Å². The van der Waals surface area contributed by atoms with Crippen LogP contribution in [0.15, 0.2) is 18.2 Å². The lowest BCUT2D eigenvalue weighted by molar-refractivity contribution is -0.136. The van der Waals surface area contributed by atoms with E-state index in [-0.39, 0.29) is 18.7 Å². The van der Waals surface area contributed by atoms with Crippen LogP contribution in [0.3, 0.4) is 0 Å². The summed E-state index contributed by atoms with van der Waals surface area (Å²) in [5.41, 5.74) is 1.73. The molecular formula is C23H28N4O4. The first-order valence-corrected chi connectivity index (χ1v) is 11.3. The van der Waals surface area contributed by atoms with Gasteiger partial charge in [0.1, 0.15) is 6.04 Å². The predicted octanol–water partition coefficient (Wildman–Crippen LogP) is 1.05. The summed E-state index contributed by atoms with van der Waals surface area (Å²) in [6, 6.07) is 5.12. The number of nitrogens with one attached hydrogen (secondary N) is 2. The normalized spacial score (nSPS) is 27.7. The molecule has 3 saturated heterocycles. The van der Waals surface area contributed by atoms with Crippen LogP contribution >= 0.6 is 0 Å². The molecule has 4 aliphatic heterocycles. The average Bonchev–Trinajstić information content (AvgIpc) is 3.32. The highest BCUT2D eigenvalue weighted by Gasteiger charge is 2.44. The number of piperidine rings is 2. The lowest BCUT2D eigenvalue weighted by Gasteiger charge is -2.34. The molecular weight excluding hydrogens is 396 g/mol. The maximum Gasteiger partial charge on any atom is 0.262 e. The van der Waals surface area contributed by atoms with Gasteiger partial charge in [-0.3, -0.25) is 34.3 Å². The molecule has 0 aliphatic carbocycles. The summed E-state index contributed by atoms with van der Waals surface area (Å²) in [6.07, 6.45) is 5.13. The number of rotatable bonds is 4. The van der Waals surface area contributed by atoms with Crippen molar-refractivity contribution in [3.05, 3.63) is 34.9 Å². The molecule has 2 N–H and O–H groups in total. The Kier molecular flexibility index (Phi) is 5.35. The predicted molar refractivity (Wildman–Crippen MR) is 112 cm³/mol. The molecule has 1 aromatic rings. The number of amides is 4. The molecule has 5 rings (SSSR count). The van der Waals surface area contributed by atoms with Crippen LogP contribution in [0.4, 0.5) is 0 Å². The van der Waals surface area contributed by atoms with E-state index in [9.17, 15) is 19.2 Å². The SMILES string of the molecule is O=C1CCC(N2C(=O)c3ccc(CN4CCCC4C4CCNCC4)cc3C2=O)C(=O)N1. The van der Waals surface area contributed by atoms with Gasteiger partial charge >= 0.3 is 0 Å². The fourth-order valence-electron chi connectivity index (χ4n) is 5.66. The Labute approximate surface area is 181 Å². The monoisotopic (exact) mass is 424 g/mol. The van der Waals surface area contributed by atoms with E-state index in [1.807, 2.05) is 12.1 Å². The summed E-state index contributed by atoms with van der Waals surface area (Å²) >= 11 is 0. The number of hydrogen-bond donors (Lipinski definition) is 2. The number of carbonyl (C=O) groups is 4. The quantitative estimate of drug-likeness (QED) is 0.701. The van der Waals surface area contributed by atoms with Crippen LogP contribution in [0, 0.1) is 5.92 Å². The van der Waals surface area contributed by atoms with Gasteiger partial charge in [0.25, 0.3) is 11.8 Å². The summed E-state index contributed by atoms with van der Waals surface area (Å²) in [5.74, 6) is -1.12. The fraction of sp³-hybridized carbons (Fsp3) is 0.565. The summed E-state index contributed by atoms with van der Waals surface area (Å²) < 4.78 is 0. The molecule has 4 aliphatic rings. The second-order valence-electron chi connectivity index (χ2n) is 9.09. The van der Waals surface area contributed by atoms with Gasteiger partial charge in [0.15, 0.2) is 0 Å². The third kappa shape index (κ3) is 3.68. The lowest BCUT2D eigenvalue weighted by atomic mass is 9.88. The van der Waals surface area contributed by atoms with Gasteiger partial charge in [0, 0.05) is 19.0 Å². The van der Waals surface area contributed by atoms with E-state index in [2.05, 4.69) is 15.5 Å². The van der Waals surface area contributed by atoms with Gasteiger partial charge in [0.05, 0.1) is 11.1 Å². The Morgan fingerprint density at radius 3 is 2.48 bits per heavy atom. The second kappa shape index (κ2) is 8.16. The molecule has 2 unspecified atom stereocenters. The minimum atomic E-state index is -0.920. The number of fused-ring (bicyclic) bond motifs is 1. The van der Waals surface area contributed by atoms with Crippen LogP contribution in [-0.4, -0.2) is 65.1 Å². The molecule has 164 valence electrons. The highest BCUT2D eigenvalue weighted by atomic mass is 16.2. The van der Waals surface area contributed by atoms with E-state index in [1.54, 1.807) is 6.07 Å². The summed E-state index contributed by atoms with van der Waals surface area (Å²) in [4.78, 5) is 53.1. The number of carbonyl (C=O) groups excluding carboxylic acids is 4. The first kappa shape index (κ1) is 20.3. The number of imide groups is 2. The molecule has 0 spiro atoms. The van der Waals surface area contributed by atoms with Gasteiger partial charge in [-0.05, 0) is 75.4 Å². The Morgan fingerprint density at radius 1 is 0.935 bits per heavy atom. The zero-order chi connectivity index (χ0) is 21.5. The van der Waals surface area contributed by atoms with Crippen LogP contribution in [0.5, 0.6) is 0 Å². The number of benzene rings is 1. The largest absolute Gasteiger partial charge is 0.317 e. The molecule has 0 radical (unpaired) electrons. The molecule has 1 aromatic carbocycles. The van der Waals surface area contributed by atoms with Crippen LogP contribution in [0.1, 0.15) is 64.8 Å². The maximum absolute atomic E-state index is 13.1. The van der Waals surface area contributed by atoms with Gasteiger partial charge < -0.3 is 5.32 Å². The molecule has 0 aromatic heterocycles. The van der Waals surface area contributed by atoms with Crippen molar-refractivity contribution in [1.82, 2.24) is 20.4 Å². The van der Waals surface area contributed by atoms with Crippen molar-refractivity contribution in [3.63, 3.8) is 0 Å². The van der Waals surface area contributed by atoms with Crippen LogP contribution in [-0.2, 0) is 16.1 Å². The van der Waals surface area contributed by atoms with Crippen molar-refractivity contribution in [2.75, 3.05) is 19.6 Å². The summed E-state index contributed by atoms with van der Waals surface area (Å²) in [6.45, 7) is 3.99. The van der Waals surface area contributed by atoms with Gasteiger partial charge in [0.2, 0.25) is 11.8 Å². The summed E-state index contributed by atoms with van der Waals surface area (Å²) in [5, 5.41) is 5.67. The van der Waals surface area contributed by atoms with Gasteiger partial charge in [-0.25, -0.2) is 0 Å². The van der Waals surface area contributed by atoms with E-state index in [4.69, 9.17) is 0 Å². The topological polar surface area (TPSA) is 98.8 Å². The number of likely N-dealkylation sites (tertiary alicyclic amines) is 1.